The number of ether oxygens (including phenoxy) is 1. The van der Waals surface area contributed by atoms with Crippen molar-refractivity contribution < 1.29 is 4.74 Å². The number of rotatable bonds is 4. The van der Waals surface area contributed by atoms with Crippen molar-refractivity contribution in [2.24, 2.45) is 11.7 Å². The molecular formula is C14H20ClN3O. The Balaban J connectivity index is 2.26. The molecule has 2 rings (SSSR count). The summed E-state index contributed by atoms with van der Waals surface area (Å²) in [6.45, 7) is 2.67. The van der Waals surface area contributed by atoms with Crippen molar-refractivity contribution in [3.05, 3.63) is 28.8 Å². The quantitative estimate of drug-likeness (QED) is 0.658. The number of nitrogens with two attached hydrogens (primary N) is 1. The van der Waals surface area contributed by atoms with Crippen molar-refractivity contribution >= 4 is 23.1 Å². The van der Waals surface area contributed by atoms with E-state index in [-0.39, 0.29) is 5.84 Å². The van der Waals surface area contributed by atoms with Gasteiger partial charge in [-0.3, -0.25) is 5.41 Å². The fourth-order valence-electron chi connectivity index (χ4n) is 2.70. The van der Waals surface area contributed by atoms with Gasteiger partial charge in [-0.15, -0.1) is 0 Å². The summed E-state index contributed by atoms with van der Waals surface area (Å²) >= 11 is 6.17. The first-order chi connectivity index (χ1) is 9.13. The normalized spacial score (nSPS) is 19.5. The van der Waals surface area contributed by atoms with Crippen molar-refractivity contribution in [1.82, 2.24) is 0 Å². The average molecular weight is 282 g/mol. The fraction of sp³-hybridized carbons (Fsp3) is 0.500. The van der Waals surface area contributed by atoms with Crippen LogP contribution in [0.5, 0.6) is 0 Å². The maximum Gasteiger partial charge on any atom is 0.126 e. The van der Waals surface area contributed by atoms with Crippen molar-refractivity contribution in [3.8, 4) is 0 Å². The molecule has 1 heterocycles. The molecule has 0 aromatic heterocycles. The van der Waals surface area contributed by atoms with Gasteiger partial charge in [-0.1, -0.05) is 17.7 Å². The largest absolute Gasteiger partial charge is 0.384 e. The van der Waals surface area contributed by atoms with Gasteiger partial charge >= 0.3 is 0 Å². The minimum absolute atomic E-state index is 0.0227. The molecule has 0 saturated carbocycles. The average Bonchev–Trinajstić information content (AvgIpc) is 2.38. The lowest BCUT2D eigenvalue weighted by atomic mass is 9.97. The van der Waals surface area contributed by atoms with Gasteiger partial charge < -0.3 is 15.4 Å². The van der Waals surface area contributed by atoms with Crippen LogP contribution in [0.2, 0.25) is 5.02 Å². The third-order valence-corrected chi connectivity index (χ3v) is 3.84. The first kappa shape index (κ1) is 14.2. The third kappa shape index (κ3) is 3.19. The van der Waals surface area contributed by atoms with Crippen LogP contribution < -0.4 is 10.6 Å². The monoisotopic (exact) mass is 281 g/mol. The van der Waals surface area contributed by atoms with Crippen LogP contribution in [0.3, 0.4) is 0 Å². The van der Waals surface area contributed by atoms with E-state index in [9.17, 15) is 0 Å². The zero-order chi connectivity index (χ0) is 13.8. The summed E-state index contributed by atoms with van der Waals surface area (Å²) < 4.78 is 5.25. The Bertz CT molecular complexity index is 462. The van der Waals surface area contributed by atoms with Crippen LogP contribution in [-0.2, 0) is 4.74 Å². The first-order valence-corrected chi connectivity index (χ1v) is 6.88. The predicted molar refractivity (Wildman–Crippen MR) is 79.3 cm³/mol. The van der Waals surface area contributed by atoms with E-state index in [0.717, 1.165) is 31.8 Å². The molecule has 1 atom stereocenters. The molecule has 0 amide bonds. The Morgan fingerprint density at radius 1 is 1.58 bits per heavy atom. The van der Waals surface area contributed by atoms with E-state index in [0.29, 0.717) is 16.5 Å². The Morgan fingerprint density at radius 3 is 3.05 bits per heavy atom. The van der Waals surface area contributed by atoms with Gasteiger partial charge in [0.2, 0.25) is 0 Å². The van der Waals surface area contributed by atoms with Crippen LogP contribution in [0, 0.1) is 11.3 Å². The van der Waals surface area contributed by atoms with E-state index in [2.05, 4.69) is 4.90 Å². The van der Waals surface area contributed by atoms with Gasteiger partial charge in [0.1, 0.15) is 5.84 Å². The molecular weight excluding hydrogens is 262 g/mol. The number of hydrogen-bond acceptors (Lipinski definition) is 3. The molecule has 1 saturated heterocycles. The topological polar surface area (TPSA) is 62.3 Å². The Labute approximate surface area is 119 Å². The lowest BCUT2D eigenvalue weighted by molar-refractivity contribution is 0.143. The molecule has 1 aromatic rings. The SMILES string of the molecule is COCC1CCCN(c2cccc(Cl)c2C(=N)N)C1. The summed E-state index contributed by atoms with van der Waals surface area (Å²) in [5.74, 6) is 0.548. The van der Waals surface area contributed by atoms with Gasteiger partial charge in [-0.2, -0.15) is 0 Å². The van der Waals surface area contributed by atoms with E-state index in [1.165, 1.54) is 6.42 Å². The Morgan fingerprint density at radius 2 is 2.37 bits per heavy atom. The third-order valence-electron chi connectivity index (χ3n) is 3.52. The number of nitrogens with zero attached hydrogens (tertiary/aromatic N) is 1. The molecule has 1 unspecified atom stereocenters. The second-order valence-corrected chi connectivity index (χ2v) is 5.36. The molecule has 5 heteroatoms. The summed E-state index contributed by atoms with van der Waals surface area (Å²) in [5.41, 5.74) is 7.26. The minimum Gasteiger partial charge on any atom is -0.384 e. The highest BCUT2D eigenvalue weighted by Gasteiger charge is 2.23. The van der Waals surface area contributed by atoms with Crippen LogP contribution in [0.4, 0.5) is 5.69 Å². The Hall–Kier alpha value is -1.26. The van der Waals surface area contributed by atoms with Crippen molar-refractivity contribution in [1.29, 1.82) is 5.41 Å². The maximum atomic E-state index is 7.71. The zero-order valence-corrected chi connectivity index (χ0v) is 11.9. The first-order valence-electron chi connectivity index (χ1n) is 6.50. The van der Waals surface area contributed by atoms with Crippen LogP contribution in [0.15, 0.2) is 18.2 Å². The molecule has 0 aliphatic carbocycles. The molecule has 104 valence electrons. The highest BCUT2D eigenvalue weighted by molar-refractivity contribution is 6.34. The molecule has 1 aliphatic rings. The minimum atomic E-state index is 0.0227. The molecule has 0 radical (unpaired) electrons. The number of hydrogen-bond donors (Lipinski definition) is 2. The molecule has 0 bridgehead atoms. The van der Waals surface area contributed by atoms with E-state index < -0.39 is 0 Å². The summed E-state index contributed by atoms with van der Waals surface area (Å²) in [6.07, 6.45) is 2.30. The number of benzene rings is 1. The van der Waals surface area contributed by atoms with Crippen LogP contribution in [-0.4, -0.2) is 32.6 Å². The lowest BCUT2D eigenvalue weighted by Gasteiger charge is -2.35. The lowest BCUT2D eigenvalue weighted by Crippen LogP contribution is -2.38. The van der Waals surface area contributed by atoms with E-state index >= 15 is 0 Å². The van der Waals surface area contributed by atoms with Gasteiger partial charge in [0.05, 0.1) is 17.2 Å². The standard InChI is InChI=1S/C14H20ClN3O/c1-19-9-10-4-3-7-18(8-10)12-6-2-5-11(15)13(12)14(16)17/h2,5-6,10H,3-4,7-9H2,1H3,(H3,16,17). The number of methoxy groups -OCH3 is 1. The van der Waals surface area contributed by atoms with Crippen molar-refractivity contribution in [3.63, 3.8) is 0 Å². The summed E-state index contributed by atoms with van der Waals surface area (Å²) in [5, 5.41) is 8.25. The second-order valence-electron chi connectivity index (χ2n) is 4.96. The van der Waals surface area contributed by atoms with E-state index in [1.54, 1.807) is 13.2 Å². The van der Waals surface area contributed by atoms with Crippen molar-refractivity contribution in [2.75, 3.05) is 31.7 Å². The summed E-state index contributed by atoms with van der Waals surface area (Å²) in [6, 6.07) is 5.67. The number of nitrogens with one attached hydrogen (secondary N) is 1. The predicted octanol–water partition coefficient (Wildman–Crippen LogP) is 2.49. The van der Waals surface area contributed by atoms with Crippen molar-refractivity contribution in [2.45, 2.75) is 12.8 Å². The molecule has 4 nitrogen and oxygen atoms in total. The fourth-order valence-corrected chi connectivity index (χ4v) is 2.97. The maximum absolute atomic E-state index is 7.71. The highest BCUT2D eigenvalue weighted by atomic mass is 35.5. The second kappa shape index (κ2) is 6.26. The summed E-state index contributed by atoms with van der Waals surface area (Å²) in [7, 11) is 1.74. The number of nitrogen functional groups attached to an aromatic ring is 1. The number of halogens is 1. The molecule has 1 aliphatic heterocycles. The van der Waals surface area contributed by atoms with Gasteiger partial charge in [-0.25, -0.2) is 0 Å². The van der Waals surface area contributed by atoms with Gasteiger partial charge in [-0.05, 0) is 30.9 Å². The van der Waals surface area contributed by atoms with Gasteiger partial charge in [0.25, 0.3) is 0 Å². The number of anilines is 1. The smallest absolute Gasteiger partial charge is 0.126 e. The molecule has 3 N–H and O–H groups in total. The van der Waals surface area contributed by atoms with Crippen LogP contribution in [0.1, 0.15) is 18.4 Å². The summed E-state index contributed by atoms with van der Waals surface area (Å²) in [4.78, 5) is 2.26. The molecule has 1 fully saturated rings. The highest BCUT2D eigenvalue weighted by Crippen LogP contribution is 2.30. The number of piperidine rings is 1. The molecule has 19 heavy (non-hydrogen) atoms. The van der Waals surface area contributed by atoms with E-state index in [4.69, 9.17) is 27.5 Å². The van der Waals surface area contributed by atoms with Crippen LogP contribution in [0.25, 0.3) is 0 Å². The van der Waals surface area contributed by atoms with E-state index in [1.807, 2.05) is 12.1 Å². The van der Waals surface area contributed by atoms with Gasteiger partial charge in [0.15, 0.2) is 0 Å². The molecule has 1 aromatic carbocycles. The zero-order valence-electron chi connectivity index (χ0n) is 11.2. The Kier molecular flexibility index (Phi) is 4.66. The number of amidine groups is 1. The van der Waals surface area contributed by atoms with Gasteiger partial charge in [0, 0.05) is 25.9 Å². The molecule has 0 spiro atoms. The van der Waals surface area contributed by atoms with Crippen LogP contribution >= 0.6 is 11.6 Å².